The van der Waals surface area contributed by atoms with Gasteiger partial charge in [0.2, 0.25) is 5.91 Å². The molecule has 1 unspecified atom stereocenters. The molecule has 0 spiro atoms. The summed E-state index contributed by atoms with van der Waals surface area (Å²) in [5, 5.41) is 2.80. The van der Waals surface area contributed by atoms with Crippen molar-refractivity contribution in [2.24, 2.45) is 10.7 Å². The number of ether oxygens (including phenoxy) is 1. The lowest BCUT2D eigenvalue weighted by Gasteiger charge is -2.33. The zero-order valence-corrected chi connectivity index (χ0v) is 19.5. The molecule has 3 N–H and O–H groups in total. The van der Waals surface area contributed by atoms with Gasteiger partial charge in [0.05, 0.1) is 12.1 Å². The quantitative estimate of drug-likeness (QED) is 0.698. The smallest absolute Gasteiger partial charge is 0.410 e. The highest BCUT2D eigenvalue weighted by molar-refractivity contribution is 5.93. The largest absolute Gasteiger partial charge is 0.444 e. The second kappa shape index (κ2) is 9.64. The lowest BCUT2D eigenvalue weighted by Crippen LogP contribution is -2.58. The van der Waals surface area contributed by atoms with Crippen LogP contribution in [0.1, 0.15) is 48.0 Å². The zero-order valence-electron chi connectivity index (χ0n) is 19.5. The number of nitrogens with two attached hydrogens (primary N) is 1. The first-order valence-corrected chi connectivity index (χ1v) is 10.6. The van der Waals surface area contributed by atoms with Crippen LogP contribution in [0.4, 0.5) is 4.79 Å². The molecule has 2 bridgehead atoms. The third kappa shape index (κ3) is 5.72. The first kappa shape index (κ1) is 24.6. The number of carbonyl (C=O) groups is 3. The summed E-state index contributed by atoms with van der Waals surface area (Å²) < 4.78 is 5.33. The maximum Gasteiger partial charge on any atom is 0.410 e. The van der Waals surface area contributed by atoms with Crippen molar-refractivity contribution < 1.29 is 19.1 Å². The number of likely N-dealkylation sites (N-methyl/N-ethyl adjacent to an activating group) is 1. The first-order valence-electron chi connectivity index (χ1n) is 10.6. The Hall–Kier alpha value is -2.68. The molecule has 9 heteroatoms. The van der Waals surface area contributed by atoms with Gasteiger partial charge >= 0.3 is 6.09 Å². The molecule has 9 nitrogen and oxygen atoms in total. The fourth-order valence-corrected chi connectivity index (χ4v) is 3.56. The van der Waals surface area contributed by atoms with Crippen molar-refractivity contribution in [3.05, 3.63) is 23.4 Å². The van der Waals surface area contributed by atoms with Crippen LogP contribution in [0, 0.1) is 0 Å². The number of allylic oxidation sites excluding steroid dienone is 3. The van der Waals surface area contributed by atoms with Crippen LogP contribution in [-0.4, -0.2) is 77.3 Å². The summed E-state index contributed by atoms with van der Waals surface area (Å²) in [5.74, 6) is -0.727. The van der Waals surface area contributed by atoms with Crippen molar-refractivity contribution in [2.75, 3.05) is 13.6 Å². The van der Waals surface area contributed by atoms with E-state index in [-0.39, 0.29) is 11.9 Å². The van der Waals surface area contributed by atoms with E-state index in [1.54, 1.807) is 45.7 Å². The molecule has 2 aliphatic heterocycles. The average molecular weight is 434 g/mol. The van der Waals surface area contributed by atoms with Crippen LogP contribution in [0.2, 0.25) is 0 Å². The average Bonchev–Trinajstić information content (AvgIpc) is 3.00. The van der Waals surface area contributed by atoms with Crippen molar-refractivity contribution in [1.29, 1.82) is 0 Å². The molecule has 3 amide bonds. The summed E-state index contributed by atoms with van der Waals surface area (Å²) >= 11 is 0. The van der Waals surface area contributed by atoms with Gasteiger partial charge in [0.1, 0.15) is 17.7 Å². The molecule has 172 valence electrons. The molecule has 0 aromatic heterocycles. The molecule has 0 saturated carbocycles. The summed E-state index contributed by atoms with van der Waals surface area (Å²) in [6.07, 6.45) is 5.46. The van der Waals surface area contributed by atoms with Crippen LogP contribution in [-0.2, 0) is 14.3 Å². The molecule has 0 saturated heterocycles. The Balaban J connectivity index is 2.24. The van der Waals surface area contributed by atoms with Crippen LogP contribution in [0.15, 0.2) is 28.4 Å². The minimum absolute atomic E-state index is 0.168. The summed E-state index contributed by atoms with van der Waals surface area (Å²) in [6.45, 7) is 10.8. The fourth-order valence-electron chi connectivity index (χ4n) is 3.56. The number of nitrogens with one attached hydrogen (secondary N) is 1. The van der Waals surface area contributed by atoms with E-state index >= 15 is 0 Å². The highest BCUT2D eigenvalue weighted by Crippen LogP contribution is 2.30. The predicted molar refractivity (Wildman–Crippen MR) is 119 cm³/mol. The van der Waals surface area contributed by atoms with Gasteiger partial charge < -0.3 is 20.7 Å². The van der Waals surface area contributed by atoms with Gasteiger partial charge in [0, 0.05) is 25.5 Å². The summed E-state index contributed by atoms with van der Waals surface area (Å²) in [6, 6.07) is -2.41. The summed E-state index contributed by atoms with van der Waals surface area (Å²) in [4.78, 5) is 46.1. The van der Waals surface area contributed by atoms with Crippen molar-refractivity contribution in [3.8, 4) is 0 Å². The second-order valence-electron chi connectivity index (χ2n) is 9.06. The molecule has 2 aliphatic rings. The van der Waals surface area contributed by atoms with Crippen LogP contribution in [0.25, 0.3) is 0 Å². The highest BCUT2D eigenvalue weighted by Gasteiger charge is 2.39. The van der Waals surface area contributed by atoms with E-state index in [9.17, 15) is 14.4 Å². The standard InChI is InChI=1S/C22H35N5O4/c1-13-18(25-19(28)15(3)26(7)21(30)31-22(4,5)6)20(29)27-14(2)16(9-8-10-24-13)11-17(27)12-23/h8-10,13,15,17-18H,11-12,23H2,1-7H3,(H,25,28)/b9-8-,24-10+/t13?,15-,17-,18-/m0/s1. The van der Waals surface area contributed by atoms with Gasteiger partial charge in [-0.05, 0) is 59.6 Å². The Morgan fingerprint density at radius 3 is 2.65 bits per heavy atom. The molecule has 0 aromatic rings. The van der Waals surface area contributed by atoms with E-state index in [4.69, 9.17) is 10.5 Å². The predicted octanol–water partition coefficient (Wildman–Crippen LogP) is 1.59. The van der Waals surface area contributed by atoms with Gasteiger partial charge in [-0.15, -0.1) is 0 Å². The van der Waals surface area contributed by atoms with Gasteiger partial charge in [0.25, 0.3) is 5.91 Å². The molecule has 0 aliphatic carbocycles. The normalized spacial score (nSPS) is 26.9. The van der Waals surface area contributed by atoms with Gasteiger partial charge in [-0.2, -0.15) is 0 Å². The molecular formula is C22H35N5O4. The van der Waals surface area contributed by atoms with Crippen LogP contribution in [0.5, 0.6) is 0 Å². The molecule has 0 fully saturated rings. The molecular weight excluding hydrogens is 398 g/mol. The number of nitrogens with zero attached hydrogens (tertiary/aromatic N) is 3. The van der Waals surface area contributed by atoms with E-state index in [2.05, 4.69) is 10.3 Å². The molecule has 4 atom stereocenters. The number of aliphatic imine (C=N–C) groups is 1. The number of rotatable bonds is 4. The van der Waals surface area contributed by atoms with Crippen LogP contribution < -0.4 is 11.1 Å². The number of fused-ring (bicyclic) bond motifs is 1. The zero-order chi connectivity index (χ0) is 23.5. The lowest BCUT2D eigenvalue weighted by atomic mass is 10.1. The maximum atomic E-state index is 13.5. The molecule has 0 aromatic carbocycles. The number of hydrogen-bond donors (Lipinski definition) is 2. The van der Waals surface area contributed by atoms with Gasteiger partial charge in [-0.1, -0.05) is 6.08 Å². The Morgan fingerprint density at radius 2 is 2.06 bits per heavy atom. The van der Waals surface area contributed by atoms with E-state index in [0.29, 0.717) is 13.0 Å². The molecule has 31 heavy (non-hydrogen) atoms. The van der Waals surface area contributed by atoms with Crippen molar-refractivity contribution in [2.45, 2.75) is 77.7 Å². The first-order chi connectivity index (χ1) is 14.4. The SMILES string of the molecule is CC1=C2/C=C\C=N\C(C)[C@H](NC(=O)[C@H](C)N(C)C(=O)OC(C)(C)C)C(=O)N1[C@H](CN)C2. The second-order valence-corrected chi connectivity index (χ2v) is 9.06. The summed E-state index contributed by atoms with van der Waals surface area (Å²) in [7, 11) is 1.49. The van der Waals surface area contributed by atoms with E-state index in [0.717, 1.165) is 11.3 Å². The Labute approximate surface area is 184 Å². The van der Waals surface area contributed by atoms with Crippen molar-refractivity contribution >= 4 is 24.1 Å². The Bertz CT molecular complexity index is 811. The van der Waals surface area contributed by atoms with E-state index in [1.165, 1.54) is 11.9 Å². The van der Waals surface area contributed by atoms with E-state index in [1.807, 2.05) is 19.1 Å². The topological polar surface area (TPSA) is 117 Å². The Morgan fingerprint density at radius 1 is 1.42 bits per heavy atom. The van der Waals surface area contributed by atoms with Gasteiger partial charge in [-0.3, -0.25) is 19.5 Å². The fraction of sp³-hybridized carbons (Fsp3) is 0.636. The molecule has 2 rings (SSSR count). The number of amides is 3. The third-order valence-electron chi connectivity index (χ3n) is 5.55. The van der Waals surface area contributed by atoms with Crippen molar-refractivity contribution in [3.63, 3.8) is 0 Å². The minimum atomic E-state index is -0.895. The van der Waals surface area contributed by atoms with Crippen molar-refractivity contribution in [1.82, 2.24) is 15.1 Å². The van der Waals surface area contributed by atoms with E-state index < -0.39 is 35.7 Å². The lowest BCUT2D eigenvalue weighted by molar-refractivity contribution is -0.137. The van der Waals surface area contributed by atoms with Crippen LogP contribution >= 0.6 is 0 Å². The molecule has 0 radical (unpaired) electrons. The monoisotopic (exact) mass is 433 g/mol. The summed E-state index contributed by atoms with van der Waals surface area (Å²) in [5.41, 5.74) is 7.10. The minimum Gasteiger partial charge on any atom is -0.444 e. The number of hydrogen-bond acceptors (Lipinski definition) is 6. The molecule has 2 heterocycles. The highest BCUT2D eigenvalue weighted by atomic mass is 16.6. The van der Waals surface area contributed by atoms with Crippen LogP contribution in [0.3, 0.4) is 0 Å². The van der Waals surface area contributed by atoms with Gasteiger partial charge in [-0.25, -0.2) is 4.79 Å². The van der Waals surface area contributed by atoms with Gasteiger partial charge in [0.15, 0.2) is 0 Å². The Kier molecular flexibility index (Phi) is 7.64. The number of carbonyl (C=O) groups excluding carboxylic acids is 3. The maximum absolute atomic E-state index is 13.5. The third-order valence-corrected chi connectivity index (χ3v) is 5.55.